The van der Waals surface area contributed by atoms with Gasteiger partial charge >= 0.3 is 11.9 Å². The highest BCUT2D eigenvalue weighted by atomic mass is 35.5. The number of hydrogen-bond acceptors (Lipinski definition) is 5. The zero-order chi connectivity index (χ0) is 24.9. The predicted octanol–water partition coefficient (Wildman–Crippen LogP) is 5.81. The summed E-state index contributed by atoms with van der Waals surface area (Å²) in [6.45, 7) is 4.20. The van der Waals surface area contributed by atoms with Gasteiger partial charge in [-0.15, -0.1) is 0 Å². The van der Waals surface area contributed by atoms with Crippen LogP contribution < -0.4 is 0 Å². The lowest BCUT2D eigenvalue weighted by molar-refractivity contribution is 0.0683. The van der Waals surface area contributed by atoms with Gasteiger partial charge in [0, 0.05) is 17.4 Å². The van der Waals surface area contributed by atoms with Gasteiger partial charge in [0.15, 0.2) is 17.1 Å². The topological polar surface area (TPSA) is 118 Å². The summed E-state index contributed by atoms with van der Waals surface area (Å²) in [6.07, 6.45) is 0.642. The maximum atomic E-state index is 11.7. The fourth-order valence-corrected chi connectivity index (χ4v) is 4.56. The molecule has 0 saturated heterocycles. The Hall–Kier alpha value is -4.17. The number of halogens is 1. The Bertz CT molecular complexity index is 1650. The van der Waals surface area contributed by atoms with Gasteiger partial charge in [0.05, 0.1) is 17.1 Å². The fourth-order valence-electron chi connectivity index (χ4n) is 4.27. The largest absolute Gasteiger partial charge is 0.478 e. The average molecular weight is 490 g/mol. The van der Waals surface area contributed by atoms with E-state index in [-0.39, 0.29) is 11.3 Å². The van der Waals surface area contributed by atoms with Gasteiger partial charge in [-0.2, -0.15) is 0 Å². The minimum atomic E-state index is -1.10. The summed E-state index contributed by atoms with van der Waals surface area (Å²) in [5.41, 5.74) is 3.80. The van der Waals surface area contributed by atoms with Crippen molar-refractivity contribution in [1.82, 2.24) is 14.5 Å². The molecule has 0 unspecified atom stereocenters. The van der Waals surface area contributed by atoms with E-state index >= 15 is 0 Å². The summed E-state index contributed by atoms with van der Waals surface area (Å²) in [6, 6.07) is 13.6. The molecular formula is C26H20ClN3O5. The van der Waals surface area contributed by atoms with E-state index in [0.29, 0.717) is 51.4 Å². The van der Waals surface area contributed by atoms with E-state index in [9.17, 15) is 19.8 Å². The normalized spacial score (nSPS) is 11.4. The highest BCUT2D eigenvalue weighted by Crippen LogP contribution is 2.39. The number of aromatic carboxylic acids is 2. The highest BCUT2D eigenvalue weighted by molar-refractivity contribution is 6.38. The molecule has 0 bridgehead atoms. The van der Waals surface area contributed by atoms with E-state index in [2.05, 4.69) is 9.97 Å². The van der Waals surface area contributed by atoms with Crippen molar-refractivity contribution < 1.29 is 24.2 Å². The highest BCUT2D eigenvalue weighted by Gasteiger charge is 2.21. The molecule has 0 fully saturated rings. The number of furan rings is 1. The smallest absolute Gasteiger partial charge is 0.354 e. The van der Waals surface area contributed by atoms with Crippen molar-refractivity contribution >= 4 is 45.7 Å². The lowest BCUT2D eigenvalue weighted by Gasteiger charge is -2.09. The maximum Gasteiger partial charge on any atom is 0.354 e. The summed E-state index contributed by atoms with van der Waals surface area (Å²) < 4.78 is 7.85. The summed E-state index contributed by atoms with van der Waals surface area (Å²) >= 11 is 6.67. The number of hydrogen-bond donors (Lipinski definition) is 2. The molecule has 2 N–H and O–H groups in total. The molecule has 8 nitrogen and oxygen atoms in total. The number of pyridine rings is 1. The van der Waals surface area contributed by atoms with Crippen molar-refractivity contribution in [1.29, 1.82) is 0 Å². The van der Waals surface area contributed by atoms with Gasteiger partial charge in [-0.1, -0.05) is 42.8 Å². The number of imidazole rings is 1. The van der Waals surface area contributed by atoms with Crippen molar-refractivity contribution in [3.8, 4) is 11.3 Å². The third kappa shape index (κ3) is 3.81. The Morgan fingerprint density at radius 3 is 2.54 bits per heavy atom. The maximum absolute atomic E-state index is 11.7. The van der Waals surface area contributed by atoms with E-state index < -0.39 is 11.9 Å². The van der Waals surface area contributed by atoms with Crippen molar-refractivity contribution in [2.24, 2.45) is 0 Å². The molecular weight excluding hydrogens is 470 g/mol. The van der Waals surface area contributed by atoms with Gasteiger partial charge < -0.3 is 19.2 Å². The van der Waals surface area contributed by atoms with Crippen LogP contribution in [0, 0.1) is 6.92 Å². The Morgan fingerprint density at radius 2 is 1.83 bits per heavy atom. The first-order valence-electron chi connectivity index (χ1n) is 10.9. The van der Waals surface area contributed by atoms with Gasteiger partial charge in [0.2, 0.25) is 0 Å². The molecule has 0 aliphatic carbocycles. The Labute approximate surface area is 204 Å². The number of rotatable bonds is 6. The van der Waals surface area contributed by atoms with Crippen molar-refractivity contribution in [3.05, 3.63) is 81.8 Å². The molecule has 3 aromatic heterocycles. The summed E-state index contributed by atoms with van der Waals surface area (Å²) in [7, 11) is 0. The average Bonchev–Trinajstić information content (AvgIpc) is 3.36. The summed E-state index contributed by atoms with van der Waals surface area (Å²) in [5.74, 6) is -1.09. The number of carbonyl (C=O) groups is 2. The minimum Gasteiger partial charge on any atom is -0.478 e. The molecule has 176 valence electrons. The molecule has 0 atom stereocenters. The van der Waals surface area contributed by atoms with Gasteiger partial charge in [0.1, 0.15) is 16.9 Å². The SMILES string of the molecule is CCc1nc2c(C)cc(C(=O)O)nc2n1Cc1ccc2oc(-c3ccccc3C(=O)O)c(Cl)c2c1. The van der Waals surface area contributed by atoms with E-state index in [1.165, 1.54) is 12.1 Å². The van der Waals surface area contributed by atoms with E-state index in [0.717, 1.165) is 17.0 Å². The third-order valence-electron chi connectivity index (χ3n) is 5.94. The standard InChI is InChI=1S/C26H20ClN3O5/c1-3-20-29-22-13(2)10-18(26(33)34)28-24(22)30(20)12-14-8-9-19-17(11-14)21(27)23(35-19)15-6-4-5-7-16(15)25(31)32/h4-11H,3,12H2,1-2H3,(H,31,32)(H,33,34). The predicted molar refractivity (Wildman–Crippen MR) is 131 cm³/mol. The second-order valence-electron chi connectivity index (χ2n) is 8.20. The molecule has 3 heterocycles. The first-order chi connectivity index (χ1) is 16.8. The van der Waals surface area contributed by atoms with Crippen LogP contribution in [0.3, 0.4) is 0 Å². The van der Waals surface area contributed by atoms with Gasteiger partial charge in [-0.3, -0.25) is 0 Å². The summed E-state index contributed by atoms with van der Waals surface area (Å²) in [5, 5.41) is 20.0. The van der Waals surface area contributed by atoms with Crippen molar-refractivity contribution in [2.75, 3.05) is 0 Å². The van der Waals surface area contributed by atoms with Crippen LogP contribution in [0.15, 0.2) is 52.9 Å². The number of nitrogens with zero attached hydrogens (tertiary/aromatic N) is 3. The van der Waals surface area contributed by atoms with Crippen LogP contribution in [0.25, 0.3) is 33.5 Å². The minimum absolute atomic E-state index is 0.0335. The Morgan fingerprint density at radius 1 is 1.06 bits per heavy atom. The van der Waals surface area contributed by atoms with Crippen LogP contribution in [0.1, 0.15) is 44.7 Å². The molecule has 0 amide bonds. The number of aromatic nitrogens is 3. The quantitative estimate of drug-likeness (QED) is 0.308. The van der Waals surface area contributed by atoms with Crippen LogP contribution in [0.2, 0.25) is 5.02 Å². The Kier molecular flexibility index (Phi) is 5.53. The van der Waals surface area contributed by atoms with Crippen molar-refractivity contribution in [3.63, 3.8) is 0 Å². The molecule has 2 aromatic carbocycles. The lowest BCUT2D eigenvalue weighted by atomic mass is 10.0. The number of fused-ring (bicyclic) bond motifs is 2. The zero-order valence-corrected chi connectivity index (χ0v) is 19.6. The second kappa shape index (κ2) is 8.56. The van der Waals surface area contributed by atoms with E-state index in [4.69, 9.17) is 16.0 Å². The fraction of sp³-hybridized carbons (Fsp3) is 0.154. The number of aryl methyl sites for hydroxylation is 2. The van der Waals surface area contributed by atoms with Gasteiger partial charge in [0.25, 0.3) is 0 Å². The number of carboxylic acids is 2. The van der Waals surface area contributed by atoms with E-state index in [1.807, 2.05) is 30.5 Å². The molecule has 5 aromatic rings. The molecule has 0 radical (unpaired) electrons. The molecule has 0 aliphatic rings. The molecule has 0 spiro atoms. The zero-order valence-electron chi connectivity index (χ0n) is 18.9. The van der Waals surface area contributed by atoms with E-state index in [1.54, 1.807) is 24.3 Å². The van der Waals surface area contributed by atoms with Crippen LogP contribution in [0.5, 0.6) is 0 Å². The molecule has 9 heteroatoms. The number of carboxylic acid groups (broad SMARTS) is 2. The molecule has 0 aliphatic heterocycles. The monoisotopic (exact) mass is 489 g/mol. The van der Waals surface area contributed by atoms with Gasteiger partial charge in [-0.25, -0.2) is 19.6 Å². The first-order valence-corrected chi connectivity index (χ1v) is 11.3. The molecule has 35 heavy (non-hydrogen) atoms. The van der Waals surface area contributed by atoms with Crippen molar-refractivity contribution in [2.45, 2.75) is 26.8 Å². The van der Waals surface area contributed by atoms with Crippen LogP contribution in [-0.2, 0) is 13.0 Å². The lowest BCUT2D eigenvalue weighted by Crippen LogP contribution is -2.07. The Balaban J connectivity index is 1.62. The summed E-state index contributed by atoms with van der Waals surface area (Å²) in [4.78, 5) is 32.3. The molecule has 5 rings (SSSR count). The third-order valence-corrected chi connectivity index (χ3v) is 6.32. The van der Waals surface area contributed by atoms with Crippen LogP contribution >= 0.6 is 11.6 Å². The van der Waals surface area contributed by atoms with Crippen LogP contribution in [-0.4, -0.2) is 36.7 Å². The van der Waals surface area contributed by atoms with Gasteiger partial charge in [-0.05, 0) is 42.3 Å². The first kappa shape index (κ1) is 22.6. The number of benzene rings is 2. The van der Waals surface area contributed by atoms with Crippen LogP contribution in [0.4, 0.5) is 0 Å². The molecule has 0 saturated carbocycles. The second-order valence-corrected chi connectivity index (χ2v) is 8.57.